The molecule has 148 valence electrons. The summed E-state index contributed by atoms with van der Waals surface area (Å²) in [5.41, 5.74) is 4.54. The maximum atomic E-state index is 13.3. The Morgan fingerprint density at radius 3 is 1.90 bits per heavy atom. The fourth-order valence-corrected chi connectivity index (χ4v) is 4.13. The third-order valence-corrected chi connectivity index (χ3v) is 6.09. The van der Waals surface area contributed by atoms with Crippen molar-refractivity contribution >= 4 is 20.7 Å². The molecular weight excluding hydrogens is 392 g/mol. The fourth-order valence-electron chi connectivity index (χ4n) is 3.48. The van der Waals surface area contributed by atoms with Crippen LogP contribution in [0.25, 0.3) is 10.9 Å². The number of halogens is 2. The van der Waals surface area contributed by atoms with Crippen molar-refractivity contribution in [1.82, 2.24) is 4.98 Å². The van der Waals surface area contributed by atoms with E-state index in [4.69, 9.17) is 0 Å². The summed E-state index contributed by atoms with van der Waals surface area (Å²) in [5, 5.41) is 0.814. The second kappa shape index (κ2) is 7.44. The van der Waals surface area contributed by atoms with Crippen molar-refractivity contribution in [2.75, 3.05) is 6.26 Å². The van der Waals surface area contributed by atoms with Gasteiger partial charge in [-0.25, -0.2) is 17.2 Å². The van der Waals surface area contributed by atoms with Crippen LogP contribution in [0.2, 0.25) is 0 Å². The number of fused-ring (bicyclic) bond motifs is 1. The van der Waals surface area contributed by atoms with Crippen molar-refractivity contribution in [3.63, 3.8) is 0 Å². The largest absolute Gasteiger partial charge is 0.358 e. The molecule has 4 aromatic rings. The first kappa shape index (κ1) is 19.3. The molecule has 29 heavy (non-hydrogen) atoms. The number of sulfone groups is 1. The topological polar surface area (TPSA) is 49.9 Å². The minimum absolute atomic E-state index is 0.248. The Morgan fingerprint density at radius 2 is 1.34 bits per heavy atom. The molecule has 1 heterocycles. The number of aromatic amines is 1. The van der Waals surface area contributed by atoms with Gasteiger partial charge in [-0.05, 0) is 65.6 Å². The highest BCUT2D eigenvalue weighted by atomic mass is 32.2. The minimum Gasteiger partial charge on any atom is -0.358 e. The van der Waals surface area contributed by atoms with Gasteiger partial charge in [0, 0.05) is 29.3 Å². The number of aromatic nitrogens is 1. The smallest absolute Gasteiger partial charge is 0.175 e. The molecule has 3 aromatic carbocycles. The summed E-state index contributed by atoms with van der Waals surface area (Å²) in [4.78, 5) is 3.62. The van der Waals surface area contributed by atoms with Gasteiger partial charge in [-0.1, -0.05) is 24.3 Å². The summed E-state index contributed by atoms with van der Waals surface area (Å²) in [6.45, 7) is 0. The van der Waals surface area contributed by atoms with E-state index in [1.165, 1.54) is 30.5 Å². The van der Waals surface area contributed by atoms with E-state index in [-0.39, 0.29) is 16.5 Å². The van der Waals surface area contributed by atoms with Crippen molar-refractivity contribution in [1.29, 1.82) is 0 Å². The van der Waals surface area contributed by atoms with Crippen molar-refractivity contribution < 1.29 is 17.2 Å². The van der Waals surface area contributed by atoms with Gasteiger partial charge < -0.3 is 4.98 Å². The van der Waals surface area contributed by atoms with Crippen LogP contribution in [0.4, 0.5) is 8.78 Å². The summed E-state index contributed by atoms with van der Waals surface area (Å²) < 4.78 is 50.6. The summed E-state index contributed by atoms with van der Waals surface area (Å²) in [6, 6.07) is 17.6. The van der Waals surface area contributed by atoms with Gasteiger partial charge >= 0.3 is 0 Å². The van der Waals surface area contributed by atoms with Crippen molar-refractivity contribution in [2.45, 2.75) is 17.7 Å². The normalized spacial score (nSPS) is 11.8. The van der Waals surface area contributed by atoms with Gasteiger partial charge in [0.25, 0.3) is 0 Å². The molecule has 0 amide bonds. The van der Waals surface area contributed by atoms with E-state index in [2.05, 4.69) is 4.98 Å². The molecule has 4 rings (SSSR count). The standard InChI is InChI=1S/C23H19F2NO2S/c1-29(27,28)19-10-11-22-21(14-19)20(12-15-2-6-17(24)7-3-15)23(26-22)13-16-4-8-18(25)9-5-16/h2-11,14,26H,12-13H2,1H3. The highest BCUT2D eigenvalue weighted by molar-refractivity contribution is 7.90. The van der Waals surface area contributed by atoms with Crippen molar-refractivity contribution in [3.05, 3.63) is 101 Å². The van der Waals surface area contributed by atoms with Gasteiger partial charge in [-0.2, -0.15) is 0 Å². The van der Waals surface area contributed by atoms with E-state index < -0.39 is 9.84 Å². The minimum atomic E-state index is -3.35. The lowest BCUT2D eigenvalue weighted by atomic mass is 9.98. The third kappa shape index (κ3) is 4.22. The first-order valence-electron chi connectivity index (χ1n) is 9.12. The van der Waals surface area contributed by atoms with E-state index >= 15 is 0 Å². The molecule has 0 saturated heterocycles. The van der Waals surface area contributed by atoms with E-state index in [9.17, 15) is 17.2 Å². The molecule has 0 aliphatic heterocycles. The van der Waals surface area contributed by atoms with Crippen molar-refractivity contribution in [3.8, 4) is 0 Å². The zero-order valence-corrected chi connectivity index (χ0v) is 16.6. The van der Waals surface area contributed by atoms with E-state index in [0.29, 0.717) is 12.8 Å². The van der Waals surface area contributed by atoms with Gasteiger partial charge in [-0.3, -0.25) is 0 Å². The molecule has 0 atom stereocenters. The van der Waals surface area contributed by atoms with Crippen LogP contribution >= 0.6 is 0 Å². The zero-order valence-electron chi connectivity index (χ0n) is 15.7. The zero-order chi connectivity index (χ0) is 20.6. The molecule has 3 nitrogen and oxygen atoms in total. The van der Waals surface area contributed by atoms with Crippen LogP contribution in [0.3, 0.4) is 0 Å². The molecule has 0 spiro atoms. The Balaban J connectivity index is 1.83. The summed E-state index contributed by atoms with van der Waals surface area (Å²) in [5.74, 6) is -0.603. The average molecular weight is 411 g/mol. The number of hydrogen-bond donors (Lipinski definition) is 1. The molecule has 0 aliphatic rings. The summed E-state index contributed by atoms with van der Waals surface area (Å²) in [7, 11) is -3.35. The second-order valence-electron chi connectivity index (χ2n) is 7.17. The van der Waals surface area contributed by atoms with Crippen LogP contribution < -0.4 is 0 Å². The number of benzene rings is 3. The van der Waals surface area contributed by atoms with E-state index in [1.54, 1.807) is 42.5 Å². The average Bonchev–Trinajstić information content (AvgIpc) is 3.01. The summed E-state index contributed by atoms with van der Waals surface area (Å²) in [6.07, 6.45) is 2.24. The molecule has 0 saturated carbocycles. The number of rotatable bonds is 5. The molecule has 0 unspecified atom stereocenters. The Morgan fingerprint density at radius 1 is 0.793 bits per heavy atom. The number of H-pyrrole nitrogens is 1. The van der Waals surface area contributed by atoms with Crippen LogP contribution in [0.15, 0.2) is 71.6 Å². The summed E-state index contributed by atoms with van der Waals surface area (Å²) >= 11 is 0. The Bertz CT molecular complexity index is 1280. The molecular formula is C23H19F2NO2S. The number of nitrogens with one attached hydrogen (secondary N) is 1. The van der Waals surface area contributed by atoms with Gasteiger partial charge in [-0.15, -0.1) is 0 Å². The maximum Gasteiger partial charge on any atom is 0.175 e. The molecule has 1 N–H and O–H groups in total. The van der Waals surface area contributed by atoms with E-state index in [1.807, 2.05) is 0 Å². The first-order chi connectivity index (χ1) is 13.8. The molecule has 0 fully saturated rings. The second-order valence-corrected chi connectivity index (χ2v) is 9.18. The van der Waals surface area contributed by atoms with Crippen LogP contribution in [0.5, 0.6) is 0 Å². The predicted molar refractivity (Wildman–Crippen MR) is 110 cm³/mol. The lowest BCUT2D eigenvalue weighted by Crippen LogP contribution is -1.98. The van der Waals surface area contributed by atoms with Gasteiger partial charge in [0.2, 0.25) is 0 Å². The Hall–Kier alpha value is -2.99. The van der Waals surface area contributed by atoms with Gasteiger partial charge in [0.1, 0.15) is 11.6 Å². The van der Waals surface area contributed by atoms with Crippen LogP contribution in [-0.2, 0) is 22.7 Å². The number of hydrogen-bond acceptors (Lipinski definition) is 2. The lowest BCUT2D eigenvalue weighted by molar-refractivity contribution is 0.602. The monoisotopic (exact) mass is 411 g/mol. The highest BCUT2D eigenvalue weighted by Gasteiger charge is 2.16. The Kier molecular flexibility index (Phi) is 4.96. The highest BCUT2D eigenvalue weighted by Crippen LogP contribution is 2.29. The van der Waals surface area contributed by atoms with Crippen LogP contribution in [0, 0.1) is 11.6 Å². The molecule has 0 radical (unpaired) electrons. The molecule has 0 aliphatic carbocycles. The Labute approximate surface area is 167 Å². The SMILES string of the molecule is CS(=O)(=O)c1ccc2[nH]c(Cc3ccc(F)cc3)c(Cc3ccc(F)cc3)c2c1. The molecule has 6 heteroatoms. The van der Waals surface area contributed by atoms with Crippen molar-refractivity contribution in [2.24, 2.45) is 0 Å². The van der Waals surface area contributed by atoms with Crippen LogP contribution in [0.1, 0.15) is 22.4 Å². The van der Waals surface area contributed by atoms with E-state index in [0.717, 1.165) is 33.3 Å². The van der Waals surface area contributed by atoms with Crippen LogP contribution in [-0.4, -0.2) is 19.7 Å². The quantitative estimate of drug-likeness (QED) is 0.501. The first-order valence-corrected chi connectivity index (χ1v) is 11.0. The van der Waals surface area contributed by atoms with Gasteiger partial charge in [0.15, 0.2) is 9.84 Å². The third-order valence-electron chi connectivity index (χ3n) is 4.98. The molecule has 0 bridgehead atoms. The lowest BCUT2D eigenvalue weighted by Gasteiger charge is -2.07. The predicted octanol–water partition coefficient (Wildman–Crippen LogP) is 5.03. The fraction of sp³-hybridized carbons (Fsp3) is 0.130. The maximum absolute atomic E-state index is 13.3. The van der Waals surface area contributed by atoms with Gasteiger partial charge in [0.05, 0.1) is 4.90 Å². The molecule has 1 aromatic heterocycles.